The number of rotatable bonds is 5. The van der Waals surface area contributed by atoms with Gasteiger partial charge in [-0.1, -0.05) is 18.2 Å². The molecule has 0 spiro atoms. The Bertz CT molecular complexity index is 588. The van der Waals surface area contributed by atoms with Gasteiger partial charge in [0, 0.05) is 19.0 Å². The Morgan fingerprint density at radius 2 is 2.15 bits per heavy atom. The van der Waals surface area contributed by atoms with Crippen molar-refractivity contribution in [2.45, 2.75) is 45.2 Å². The molecule has 4 nitrogen and oxygen atoms in total. The van der Waals surface area contributed by atoms with Gasteiger partial charge in [0.1, 0.15) is 12.2 Å². The summed E-state index contributed by atoms with van der Waals surface area (Å²) < 4.78 is 1.97. The minimum Gasteiger partial charge on any atom is -0.313 e. The Labute approximate surface area is 120 Å². The van der Waals surface area contributed by atoms with Crippen LogP contribution < -0.4 is 5.32 Å². The van der Waals surface area contributed by atoms with Gasteiger partial charge in [-0.15, -0.1) is 0 Å². The molecule has 1 heterocycles. The molecule has 1 aliphatic carbocycles. The molecule has 1 aliphatic rings. The van der Waals surface area contributed by atoms with E-state index in [9.17, 15) is 0 Å². The highest BCUT2D eigenvalue weighted by atomic mass is 15.3. The molecule has 1 aromatic heterocycles. The Hall–Kier alpha value is -1.68. The number of hydrogen-bond donors (Lipinski definition) is 1. The van der Waals surface area contributed by atoms with Crippen molar-refractivity contribution < 1.29 is 0 Å². The minimum absolute atomic E-state index is 0.301. The molecule has 0 saturated heterocycles. The second kappa shape index (κ2) is 5.75. The molecule has 1 atom stereocenters. The van der Waals surface area contributed by atoms with Gasteiger partial charge in [0.05, 0.1) is 0 Å². The monoisotopic (exact) mass is 270 g/mol. The van der Waals surface area contributed by atoms with E-state index in [0.29, 0.717) is 6.04 Å². The number of benzene rings is 1. The van der Waals surface area contributed by atoms with E-state index in [1.54, 1.807) is 6.33 Å². The largest absolute Gasteiger partial charge is 0.313 e. The maximum atomic E-state index is 4.38. The molecule has 1 aromatic carbocycles. The fraction of sp³-hybridized carbons (Fsp3) is 0.500. The van der Waals surface area contributed by atoms with E-state index in [-0.39, 0.29) is 0 Å². The van der Waals surface area contributed by atoms with Crippen molar-refractivity contribution in [2.75, 3.05) is 7.05 Å². The number of fused-ring (bicyclic) bond motifs is 1. The minimum atomic E-state index is 0.301. The molecule has 0 saturated carbocycles. The molecule has 0 bridgehead atoms. The average Bonchev–Trinajstić information content (AvgIpc) is 3.12. The van der Waals surface area contributed by atoms with Crippen LogP contribution in [0.5, 0.6) is 0 Å². The molecule has 0 fully saturated rings. The summed E-state index contributed by atoms with van der Waals surface area (Å²) in [7, 11) is 2.02. The molecule has 4 heteroatoms. The van der Waals surface area contributed by atoms with Gasteiger partial charge >= 0.3 is 0 Å². The van der Waals surface area contributed by atoms with E-state index < -0.39 is 0 Å². The van der Waals surface area contributed by atoms with Gasteiger partial charge in [0.2, 0.25) is 0 Å². The van der Waals surface area contributed by atoms with E-state index in [1.165, 1.54) is 36.0 Å². The van der Waals surface area contributed by atoms with E-state index in [1.807, 2.05) is 11.7 Å². The molecule has 20 heavy (non-hydrogen) atoms. The smallest absolute Gasteiger partial charge is 0.138 e. The summed E-state index contributed by atoms with van der Waals surface area (Å²) in [6, 6.07) is 7.23. The van der Waals surface area contributed by atoms with Gasteiger partial charge in [0.15, 0.2) is 0 Å². The molecule has 1 N–H and O–H groups in total. The lowest BCUT2D eigenvalue weighted by Crippen LogP contribution is -2.21. The zero-order chi connectivity index (χ0) is 13.9. The molecule has 1 unspecified atom stereocenters. The number of nitrogens with zero attached hydrogens (tertiary/aromatic N) is 3. The SMILES string of the molecule is CCn1ncnc1CC(NC)c1ccc2c(c1)CCC2. The summed E-state index contributed by atoms with van der Waals surface area (Å²) >= 11 is 0. The second-order valence-corrected chi connectivity index (χ2v) is 5.42. The van der Waals surface area contributed by atoms with Crippen molar-refractivity contribution >= 4 is 0 Å². The summed E-state index contributed by atoms with van der Waals surface area (Å²) in [5, 5.41) is 7.67. The summed E-state index contributed by atoms with van der Waals surface area (Å²) in [6.45, 7) is 2.97. The first-order valence-electron chi connectivity index (χ1n) is 7.47. The third-order valence-electron chi connectivity index (χ3n) is 4.26. The molecule has 0 radical (unpaired) electrons. The Kier molecular flexibility index (Phi) is 3.83. The van der Waals surface area contributed by atoms with E-state index in [4.69, 9.17) is 0 Å². The molecular weight excluding hydrogens is 248 g/mol. The third kappa shape index (κ3) is 2.48. The third-order valence-corrected chi connectivity index (χ3v) is 4.26. The van der Waals surface area contributed by atoms with Crippen LogP contribution in [-0.4, -0.2) is 21.8 Å². The number of aryl methyl sites for hydroxylation is 3. The molecule has 3 rings (SSSR count). The van der Waals surface area contributed by atoms with Crippen LogP contribution in [0, 0.1) is 0 Å². The van der Waals surface area contributed by atoms with Crippen molar-refractivity contribution in [1.82, 2.24) is 20.1 Å². The highest BCUT2D eigenvalue weighted by Gasteiger charge is 2.17. The van der Waals surface area contributed by atoms with Crippen LogP contribution in [0.3, 0.4) is 0 Å². The molecule has 0 amide bonds. The Morgan fingerprint density at radius 3 is 2.95 bits per heavy atom. The lowest BCUT2D eigenvalue weighted by atomic mass is 9.99. The average molecular weight is 270 g/mol. The fourth-order valence-corrected chi connectivity index (χ4v) is 3.09. The topological polar surface area (TPSA) is 42.7 Å². The molecule has 0 aliphatic heterocycles. The standard InChI is InChI=1S/C16H22N4/c1-3-20-16(18-11-19-20)10-15(17-2)14-8-7-12-5-4-6-13(12)9-14/h7-9,11,15,17H,3-6,10H2,1-2H3. The lowest BCUT2D eigenvalue weighted by Gasteiger charge is -2.17. The van der Waals surface area contributed by atoms with Crippen molar-refractivity contribution in [3.05, 3.63) is 47.0 Å². The number of likely N-dealkylation sites (N-methyl/N-ethyl adjacent to an activating group) is 1. The van der Waals surface area contributed by atoms with E-state index in [0.717, 1.165) is 18.8 Å². The quantitative estimate of drug-likeness (QED) is 0.906. The molecule has 106 valence electrons. The Balaban J connectivity index is 1.83. The van der Waals surface area contributed by atoms with Crippen molar-refractivity contribution in [3.8, 4) is 0 Å². The maximum absolute atomic E-state index is 4.38. The maximum Gasteiger partial charge on any atom is 0.138 e. The highest BCUT2D eigenvalue weighted by Crippen LogP contribution is 2.26. The zero-order valence-corrected chi connectivity index (χ0v) is 12.3. The fourth-order valence-electron chi connectivity index (χ4n) is 3.09. The van der Waals surface area contributed by atoms with Crippen LogP contribution in [0.25, 0.3) is 0 Å². The van der Waals surface area contributed by atoms with Gasteiger partial charge in [-0.05, 0) is 49.9 Å². The van der Waals surface area contributed by atoms with Crippen LogP contribution in [0.2, 0.25) is 0 Å². The molecular formula is C16H22N4. The Morgan fingerprint density at radius 1 is 1.30 bits per heavy atom. The van der Waals surface area contributed by atoms with Gasteiger partial charge < -0.3 is 5.32 Å². The summed E-state index contributed by atoms with van der Waals surface area (Å²) in [5.74, 6) is 1.05. The first-order valence-corrected chi connectivity index (χ1v) is 7.47. The zero-order valence-electron chi connectivity index (χ0n) is 12.3. The summed E-state index contributed by atoms with van der Waals surface area (Å²) in [5.41, 5.74) is 4.42. The van der Waals surface area contributed by atoms with E-state index in [2.05, 4.69) is 40.5 Å². The number of aromatic nitrogens is 3. The normalized spacial score (nSPS) is 15.3. The van der Waals surface area contributed by atoms with Crippen LogP contribution in [0.4, 0.5) is 0 Å². The predicted octanol–water partition coefficient (Wildman–Crippen LogP) is 2.29. The van der Waals surface area contributed by atoms with Gasteiger partial charge in [-0.2, -0.15) is 5.10 Å². The van der Waals surface area contributed by atoms with Crippen LogP contribution >= 0.6 is 0 Å². The first-order chi connectivity index (χ1) is 9.81. The van der Waals surface area contributed by atoms with Crippen molar-refractivity contribution in [1.29, 1.82) is 0 Å². The summed E-state index contributed by atoms with van der Waals surface area (Å²) in [4.78, 5) is 4.38. The van der Waals surface area contributed by atoms with Crippen LogP contribution in [-0.2, 0) is 25.8 Å². The predicted molar refractivity (Wildman–Crippen MR) is 79.7 cm³/mol. The second-order valence-electron chi connectivity index (χ2n) is 5.42. The number of hydrogen-bond acceptors (Lipinski definition) is 3. The van der Waals surface area contributed by atoms with Crippen molar-refractivity contribution in [3.63, 3.8) is 0 Å². The van der Waals surface area contributed by atoms with Gasteiger partial charge in [-0.3, -0.25) is 4.68 Å². The van der Waals surface area contributed by atoms with Crippen molar-refractivity contribution in [2.24, 2.45) is 0 Å². The summed E-state index contributed by atoms with van der Waals surface area (Å²) in [6.07, 6.45) is 6.29. The molecule has 2 aromatic rings. The van der Waals surface area contributed by atoms with Gasteiger partial charge in [0.25, 0.3) is 0 Å². The van der Waals surface area contributed by atoms with Gasteiger partial charge in [-0.25, -0.2) is 4.98 Å². The van der Waals surface area contributed by atoms with Crippen LogP contribution in [0.15, 0.2) is 24.5 Å². The van der Waals surface area contributed by atoms with Crippen LogP contribution in [0.1, 0.15) is 41.9 Å². The highest BCUT2D eigenvalue weighted by molar-refractivity contribution is 5.36. The lowest BCUT2D eigenvalue weighted by molar-refractivity contribution is 0.533. The first kappa shape index (κ1) is 13.3. The van der Waals surface area contributed by atoms with E-state index >= 15 is 0 Å². The number of nitrogens with one attached hydrogen (secondary N) is 1.